The summed E-state index contributed by atoms with van der Waals surface area (Å²) in [5, 5.41) is 7.34. The van der Waals surface area contributed by atoms with Crippen LogP contribution in [0.15, 0.2) is 16.3 Å². The number of carbonyl (C=O) groups excluding carboxylic acids is 2. The maximum atomic E-state index is 11.7. The Labute approximate surface area is 117 Å². The molecule has 0 bridgehead atoms. The number of hydrogen-bond donors (Lipinski definition) is 3. The molecule has 0 fully saturated rings. The van der Waals surface area contributed by atoms with E-state index in [1.165, 1.54) is 11.3 Å². The highest BCUT2D eigenvalue weighted by Gasteiger charge is 2.14. The zero-order chi connectivity index (χ0) is 13.8. The molecule has 0 aromatic carbocycles. The van der Waals surface area contributed by atoms with Crippen LogP contribution in [0, 0.1) is 0 Å². The highest BCUT2D eigenvalue weighted by atomic mass is 32.1. The van der Waals surface area contributed by atoms with Crippen molar-refractivity contribution in [2.75, 3.05) is 6.54 Å². The van der Waals surface area contributed by atoms with Crippen LogP contribution in [0.4, 0.5) is 0 Å². The van der Waals surface area contributed by atoms with Gasteiger partial charge in [-0.1, -0.05) is 0 Å². The van der Waals surface area contributed by atoms with E-state index in [0.29, 0.717) is 11.4 Å². The van der Waals surface area contributed by atoms with Gasteiger partial charge < -0.3 is 10.6 Å². The van der Waals surface area contributed by atoms with Crippen LogP contribution in [0.3, 0.4) is 0 Å². The average Bonchev–Trinajstić information content (AvgIpc) is 2.62. The molecule has 6 heteroatoms. The minimum absolute atomic E-state index is 0.0659. The fraction of sp³-hybridized carbons (Fsp3) is 0.500. The average molecular weight is 286 g/mol. The highest BCUT2D eigenvalue weighted by molar-refractivity contribution is 7.80. The molecule has 0 aliphatic heterocycles. The number of thiol groups is 1. The first-order valence-corrected chi connectivity index (χ1v) is 6.97. The fourth-order valence-electron chi connectivity index (χ4n) is 1.30. The number of carbonyl (C=O) groups is 2. The van der Waals surface area contributed by atoms with E-state index in [-0.39, 0.29) is 23.8 Å². The molecule has 0 aliphatic rings. The second-order valence-electron chi connectivity index (χ2n) is 4.97. The predicted molar refractivity (Wildman–Crippen MR) is 76.4 cm³/mol. The largest absolute Gasteiger partial charge is 0.351 e. The Bertz CT molecular complexity index is 436. The van der Waals surface area contributed by atoms with Crippen LogP contribution in [0.5, 0.6) is 0 Å². The minimum Gasteiger partial charge on any atom is -0.351 e. The van der Waals surface area contributed by atoms with Crippen molar-refractivity contribution >= 4 is 35.8 Å². The molecule has 1 aromatic rings. The third-order valence-electron chi connectivity index (χ3n) is 1.96. The molecule has 0 atom stereocenters. The van der Waals surface area contributed by atoms with Gasteiger partial charge in [0.25, 0.3) is 5.91 Å². The molecule has 18 heavy (non-hydrogen) atoms. The summed E-state index contributed by atoms with van der Waals surface area (Å²) in [6.07, 6.45) is 0.280. The molecular formula is C12H18N2O2S2. The van der Waals surface area contributed by atoms with Crippen molar-refractivity contribution in [1.29, 1.82) is 0 Å². The number of hydrogen-bond acceptors (Lipinski definition) is 4. The first-order valence-electron chi connectivity index (χ1n) is 5.64. The zero-order valence-corrected chi connectivity index (χ0v) is 12.5. The molecule has 0 saturated heterocycles. The van der Waals surface area contributed by atoms with E-state index in [9.17, 15) is 9.59 Å². The summed E-state index contributed by atoms with van der Waals surface area (Å²) in [5.41, 5.74) is -0.240. The SMILES string of the molecule is CC(C)(C)NC(=O)CCNC(=O)c1cc(S)cs1. The standard InChI is InChI=1S/C12H18N2O2S2/c1-12(2,3)14-10(15)4-5-13-11(16)9-6-8(17)7-18-9/h6-7,17H,4-5H2,1-3H3,(H,13,16)(H,14,15). The molecule has 0 saturated carbocycles. The van der Waals surface area contributed by atoms with Crippen molar-refractivity contribution < 1.29 is 9.59 Å². The lowest BCUT2D eigenvalue weighted by atomic mass is 10.1. The van der Waals surface area contributed by atoms with Crippen molar-refractivity contribution in [3.63, 3.8) is 0 Å². The summed E-state index contributed by atoms with van der Waals surface area (Å²) < 4.78 is 0. The van der Waals surface area contributed by atoms with Crippen LogP contribution in [0.1, 0.15) is 36.9 Å². The molecule has 0 radical (unpaired) electrons. The van der Waals surface area contributed by atoms with Crippen molar-refractivity contribution in [3.05, 3.63) is 16.3 Å². The van der Waals surface area contributed by atoms with Crippen molar-refractivity contribution in [2.45, 2.75) is 37.6 Å². The molecule has 2 amide bonds. The van der Waals surface area contributed by atoms with Gasteiger partial charge in [0.05, 0.1) is 4.88 Å². The Morgan fingerprint density at radius 2 is 2.06 bits per heavy atom. The summed E-state index contributed by atoms with van der Waals surface area (Å²) in [5.74, 6) is -0.229. The van der Waals surface area contributed by atoms with Gasteiger partial charge in [-0.25, -0.2) is 0 Å². The van der Waals surface area contributed by atoms with Crippen LogP contribution in [0.25, 0.3) is 0 Å². The van der Waals surface area contributed by atoms with E-state index in [2.05, 4.69) is 23.3 Å². The first-order chi connectivity index (χ1) is 8.28. The third-order valence-corrected chi connectivity index (χ3v) is 3.32. The molecule has 0 aliphatic carbocycles. The van der Waals surface area contributed by atoms with Crippen LogP contribution in [-0.2, 0) is 4.79 Å². The maximum Gasteiger partial charge on any atom is 0.261 e. The monoisotopic (exact) mass is 286 g/mol. The lowest BCUT2D eigenvalue weighted by Crippen LogP contribution is -2.41. The number of thiophene rings is 1. The Balaban J connectivity index is 2.30. The fourth-order valence-corrected chi connectivity index (χ4v) is 2.37. The second kappa shape index (κ2) is 6.24. The Hall–Kier alpha value is -1.01. The summed E-state index contributed by atoms with van der Waals surface area (Å²) in [4.78, 5) is 24.5. The molecule has 2 N–H and O–H groups in total. The van der Waals surface area contributed by atoms with E-state index in [4.69, 9.17) is 0 Å². The number of rotatable bonds is 4. The van der Waals surface area contributed by atoms with Gasteiger partial charge in [-0.3, -0.25) is 9.59 Å². The van der Waals surface area contributed by atoms with E-state index < -0.39 is 0 Å². The minimum atomic E-state index is -0.240. The molecule has 0 spiro atoms. The molecule has 1 heterocycles. The quantitative estimate of drug-likeness (QED) is 0.742. The molecule has 1 rings (SSSR count). The molecule has 4 nitrogen and oxygen atoms in total. The molecule has 0 unspecified atom stereocenters. The van der Waals surface area contributed by atoms with E-state index >= 15 is 0 Å². The van der Waals surface area contributed by atoms with E-state index in [0.717, 1.165) is 4.90 Å². The van der Waals surface area contributed by atoms with Crippen molar-refractivity contribution in [2.24, 2.45) is 0 Å². The Kier molecular flexibility index (Phi) is 5.22. The van der Waals surface area contributed by atoms with Crippen LogP contribution >= 0.6 is 24.0 Å². The van der Waals surface area contributed by atoms with Crippen LogP contribution in [0.2, 0.25) is 0 Å². The summed E-state index contributed by atoms with van der Waals surface area (Å²) in [6, 6.07) is 1.71. The Morgan fingerprint density at radius 1 is 1.39 bits per heavy atom. The van der Waals surface area contributed by atoms with Gasteiger partial charge in [-0.15, -0.1) is 24.0 Å². The molecular weight excluding hydrogens is 268 g/mol. The summed E-state index contributed by atoms with van der Waals surface area (Å²) >= 11 is 5.47. The summed E-state index contributed by atoms with van der Waals surface area (Å²) in [7, 11) is 0. The van der Waals surface area contributed by atoms with Crippen LogP contribution < -0.4 is 10.6 Å². The van der Waals surface area contributed by atoms with E-state index in [1.807, 2.05) is 20.8 Å². The maximum absolute atomic E-state index is 11.7. The Morgan fingerprint density at radius 3 is 2.56 bits per heavy atom. The van der Waals surface area contributed by atoms with Gasteiger partial charge >= 0.3 is 0 Å². The lowest BCUT2D eigenvalue weighted by molar-refractivity contribution is -0.122. The smallest absolute Gasteiger partial charge is 0.261 e. The first kappa shape index (κ1) is 15.0. The topological polar surface area (TPSA) is 58.2 Å². The van der Waals surface area contributed by atoms with Gasteiger partial charge in [-0.2, -0.15) is 0 Å². The van der Waals surface area contributed by atoms with Gasteiger partial charge in [0.15, 0.2) is 0 Å². The number of nitrogens with one attached hydrogen (secondary N) is 2. The number of amides is 2. The third kappa shape index (κ3) is 5.55. The highest BCUT2D eigenvalue weighted by Crippen LogP contribution is 2.17. The van der Waals surface area contributed by atoms with Gasteiger partial charge in [0, 0.05) is 28.8 Å². The second-order valence-corrected chi connectivity index (χ2v) is 6.40. The zero-order valence-electron chi connectivity index (χ0n) is 10.7. The van der Waals surface area contributed by atoms with Crippen molar-refractivity contribution in [1.82, 2.24) is 10.6 Å². The lowest BCUT2D eigenvalue weighted by Gasteiger charge is -2.20. The van der Waals surface area contributed by atoms with Gasteiger partial charge in [-0.05, 0) is 26.8 Å². The van der Waals surface area contributed by atoms with Gasteiger partial charge in [0.1, 0.15) is 0 Å². The van der Waals surface area contributed by atoms with Crippen LogP contribution in [-0.4, -0.2) is 23.9 Å². The van der Waals surface area contributed by atoms with E-state index in [1.54, 1.807) is 11.4 Å². The molecule has 100 valence electrons. The molecule has 1 aromatic heterocycles. The van der Waals surface area contributed by atoms with Crippen molar-refractivity contribution in [3.8, 4) is 0 Å². The predicted octanol–water partition coefficient (Wildman–Crippen LogP) is 2.07. The summed E-state index contributed by atoms with van der Waals surface area (Å²) in [6.45, 7) is 6.09. The van der Waals surface area contributed by atoms with Gasteiger partial charge in [0.2, 0.25) is 5.91 Å². The normalized spacial score (nSPS) is 11.1.